The molecule has 4 nitrogen and oxygen atoms in total. The molecule has 1 aromatic carbocycles. The van der Waals surface area contributed by atoms with E-state index in [9.17, 15) is 13.5 Å². The summed E-state index contributed by atoms with van der Waals surface area (Å²) in [5.41, 5.74) is 0. The minimum atomic E-state index is -3.76. The highest BCUT2D eigenvalue weighted by atomic mass is 35.5. The molecule has 106 valence electrons. The van der Waals surface area contributed by atoms with E-state index in [0.29, 0.717) is 0 Å². The van der Waals surface area contributed by atoms with Gasteiger partial charge in [-0.1, -0.05) is 35.7 Å². The molecule has 0 aromatic heterocycles. The van der Waals surface area contributed by atoms with Gasteiger partial charge in [0.2, 0.25) is 10.0 Å². The SMILES string of the molecule is O=S(=O)(NCC1CCCC1O)c1c(Cl)cccc1Cl. The molecule has 2 atom stereocenters. The Bertz CT molecular complexity index is 542. The van der Waals surface area contributed by atoms with Crippen LogP contribution in [0.5, 0.6) is 0 Å². The Labute approximate surface area is 122 Å². The molecule has 19 heavy (non-hydrogen) atoms. The van der Waals surface area contributed by atoms with E-state index >= 15 is 0 Å². The van der Waals surface area contributed by atoms with Crippen molar-refractivity contribution in [3.8, 4) is 0 Å². The van der Waals surface area contributed by atoms with Gasteiger partial charge in [-0.15, -0.1) is 0 Å². The molecule has 0 bridgehead atoms. The standard InChI is InChI=1S/C12H15Cl2NO3S/c13-9-4-2-5-10(14)12(9)19(17,18)15-7-8-3-1-6-11(8)16/h2,4-5,8,11,15-16H,1,3,6-7H2. The molecule has 1 aliphatic carbocycles. The monoisotopic (exact) mass is 323 g/mol. The fourth-order valence-electron chi connectivity index (χ4n) is 2.28. The van der Waals surface area contributed by atoms with Gasteiger partial charge >= 0.3 is 0 Å². The van der Waals surface area contributed by atoms with Gasteiger partial charge in [0.05, 0.1) is 16.1 Å². The van der Waals surface area contributed by atoms with Crippen molar-refractivity contribution in [3.05, 3.63) is 28.2 Å². The molecular weight excluding hydrogens is 309 g/mol. The van der Waals surface area contributed by atoms with E-state index in [0.717, 1.165) is 19.3 Å². The molecule has 7 heteroatoms. The average Bonchev–Trinajstić information content (AvgIpc) is 2.72. The molecule has 1 fully saturated rings. The summed E-state index contributed by atoms with van der Waals surface area (Å²) in [7, 11) is -3.76. The van der Waals surface area contributed by atoms with Crippen molar-refractivity contribution in [3.63, 3.8) is 0 Å². The lowest BCUT2D eigenvalue weighted by atomic mass is 10.1. The quantitative estimate of drug-likeness (QED) is 0.894. The third-order valence-electron chi connectivity index (χ3n) is 3.34. The summed E-state index contributed by atoms with van der Waals surface area (Å²) in [4.78, 5) is -0.106. The van der Waals surface area contributed by atoms with Crippen LogP contribution in [0.2, 0.25) is 10.0 Å². The van der Waals surface area contributed by atoms with Crippen molar-refractivity contribution in [1.82, 2.24) is 4.72 Å². The third kappa shape index (κ3) is 3.41. The second-order valence-electron chi connectivity index (χ2n) is 4.66. The van der Waals surface area contributed by atoms with Gasteiger partial charge in [-0.05, 0) is 30.9 Å². The van der Waals surface area contributed by atoms with Crippen molar-refractivity contribution in [1.29, 1.82) is 0 Å². The van der Waals surface area contributed by atoms with Gasteiger partial charge in [0, 0.05) is 6.54 Å². The summed E-state index contributed by atoms with van der Waals surface area (Å²) in [6, 6.07) is 4.54. The Hall–Kier alpha value is -0.330. The number of nitrogens with one attached hydrogen (secondary N) is 1. The molecular formula is C12H15Cl2NO3S. The number of halogens is 2. The summed E-state index contributed by atoms with van der Waals surface area (Å²) in [6.07, 6.45) is 2.02. The van der Waals surface area contributed by atoms with E-state index in [-0.39, 0.29) is 27.4 Å². The van der Waals surface area contributed by atoms with Crippen LogP contribution in [0.25, 0.3) is 0 Å². The molecule has 0 amide bonds. The fraction of sp³-hybridized carbons (Fsp3) is 0.500. The first-order chi connectivity index (χ1) is 8.92. The van der Waals surface area contributed by atoms with Crippen LogP contribution in [-0.4, -0.2) is 26.2 Å². The normalized spacial score (nSPS) is 23.7. The summed E-state index contributed by atoms with van der Waals surface area (Å²) in [5, 5.41) is 9.86. The van der Waals surface area contributed by atoms with Crippen LogP contribution in [-0.2, 0) is 10.0 Å². The van der Waals surface area contributed by atoms with Gasteiger partial charge in [0.25, 0.3) is 0 Å². The van der Waals surface area contributed by atoms with Crippen molar-refractivity contribution in [2.75, 3.05) is 6.54 Å². The first-order valence-electron chi connectivity index (χ1n) is 6.03. The van der Waals surface area contributed by atoms with Gasteiger partial charge in [-0.2, -0.15) is 0 Å². The topological polar surface area (TPSA) is 66.4 Å². The highest BCUT2D eigenvalue weighted by molar-refractivity contribution is 7.89. The van der Waals surface area contributed by atoms with E-state index in [1.165, 1.54) is 12.1 Å². The number of aliphatic hydroxyl groups excluding tert-OH is 1. The zero-order valence-electron chi connectivity index (χ0n) is 10.1. The summed E-state index contributed by atoms with van der Waals surface area (Å²) in [6.45, 7) is 0.199. The number of hydrogen-bond acceptors (Lipinski definition) is 3. The molecule has 0 heterocycles. The first-order valence-corrected chi connectivity index (χ1v) is 8.27. The Morgan fingerprint density at radius 2 is 1.89 bits per heavy atom. The summed E-state index contributed by atoms with van der Waals surface area (Å²) >= 11 is 11.8. The number of aliphatic hydroxyl groups is 1. The molecule has 1 aromatic rings. The van der Waals surface area contributed by atoms with E-state index < -0.39 is 16.1 Å². The van der Waals surface area contributed by atoms with Crippen LogP contribution in [0.1, 0.15) is 19.3 Å². The van der Waals surface area contributed by atoms with Crippen molar-refractivity contribution >= 4 is 33.2 Å². The van der Waals surface area contributed by atoms with E-state index in [4.69, 9.17) is 23.2 Å². The number of hydrogen-bond donors (Lipinski definition) is 2. The third-order valence-corrected chi connectivity index (χ3v) is 5.72. The Morgan fingerprint density at radius 1 is 1.26 bits per heavy atom. The maximum atomic E-state index is 12.2. The van der Waals surface area contributed by atoms with Gasteiger partial charge in [0.1, 0.15) is 4.90 Å². The minimum Gasteiger partial charge on any atom is -0.393 e. The van der Waals surface area contributed by atoms with Crippen molar-refractivity contribution in [2.45, 2.75) is 30.3 Å². The van der Waals surface area contributed by atoms with Gasteiger partial charge < -0.3 is 5.11 Å². The maximum Gasteiger partial charge on any atom is 0.243 e. The predicted molar refractivity (Wildman–Crippen MR) is 75.0 cm³/mol. The summed E-state index contributed by atoms with van der Waals surface area (Å²) in [5.74, 6) is -0.0453. The van der Waals surface area contributed by atoms with Crippen LogP contribution in [0, 0.1) is 5.92 Å². The highest BCUT2D eigenvalue weighted by Crippen LogP contribution is 2.30. The Balaban J connectivity index is 2.14. The largest absolute Gasteiger partial charge is 0.393 e. The number of sulfonamides is 1. The Morgan fingerprint density at radius 3 is 2.42 bits per heavy atom. The zero-order valence-corrected chi connectivity index (χ0v) is 12.5. The second kappa shape index (κ2) is 5.97. The van der Waals surface area contributed by atoms with Gasteiger partial charge in [0.15, 0.2) is 0 Å². The molecule has 0 spiro atoms. The van der Waals surface area contributed by atoms with E-state index in [1.807, 2.05) is 0 Å². The van der Waals surface area contributed by atoms with Crippen LogP contribution in [0.3, 0.4) is 0 Å². The fourth-order valence-corrected chi connectivity index (χ4v) is 4.52. The van der Waals surface area contributed by atoms with Gasteiger partial charge in [-0.25, -0.2) is 13.1 Å². The molecule has 0 aliphatic heterocycles. The molecule has 0 radical (unpaired) electrons. The van der Waals surface area contributed by atoms with Gasteiger partial charge in [-0.3, -0.25) is 0 Å². The highest BCUT2D eigenvalue weighted by Gasteiger charge is 2.28. The molecule has 2 N–H and O–H groups in total. The van der Waals surface area contributed by atoms with E-state index in [1.54, 1.807) is 6.07 Å². The van der Waals surface area contributed by atoms with E-state index in [2.05, 4.69) is 4.72 Å². The Kier molecular flexibility index (Phi) is 4.74. The lowest BCUT2D eigenvalue weighted by Gasteiger charge is -2.16. The molecule has 1 saturated carbocycles. The molecule has 2 rings (SSSR count). The van der Waals surface area contributed by atoms with Crippen LogP contribution >= 0.6 is 23.2 Å². The lowest BCUT2D eigenvalue weighted by Crippen LogP contribution is -2.32. The molecule has 1 aliphatic rings. The average molecular weight is 324 g/mol. The zero-order chi connectivity index (χ0) is 14.0. The number of benzene rings is 1. The summed E-state index contributed by atoms with van der Waals surface area (Å²) < 4.78 is 26.8. The lowest BCUT2D eigenvalue weighted by molar-refractivity contribution is 0.134. The number of rotatable bonds is 4. The molecule has 0 saturated heterocycles. The van der Waals surface area contributed by atoms with Crippen LogP contribution in [0.15, 0.2) is 23.1 Å². The second-order valence-corrected chi connectivity index (χ2v) is 7.18. The van der Waals surface area contributed by atoms with Crippen LogP contribution < -0.4 is 4.72 Å². The smallest absolute Gasteiger partial charge is 0.243 e. The van der Waals surface area contributed by atoms with Crippen molar-refractivity contribution in [2.24, 2.45) is 5.92 Å². The first kappa shape index (κ1) is 15.1. The van der Waals surface area contributed by atoms with Crippen molar-refractivity contribution < 1.29 is 13.5 Å². The maximum absolute atomic E-state index is 12.2. The predicted octanol–water partition coefficient (Wildman–Crippen LogP) is 2.43. The molecule has 2 unspecified atom stereocenters. The van der Waals surface area contributed by atoms with Crippen LogP contribution in [0.4, 0.5) is 0 Å². The minimum absolute atomic E-state index is 0.0453.